The van der Waals surface area contributed by atoms with Crippen LogP contribution in [0.25, 0.3) is 0 Å². The minimum atomic E-state index is -0.630. The number of esters is 1. The number of amides is 1. The van der Waals surface area contributed by atoms with Gasteiger partial charge in [-0.3, -0.25) is 9.59 Å². The van der Waals surface area contributed by atoms with E-state index in [9.17, 15) is 14.4 Å². The van der Waals surface area contributed by atoms with Crippen molar-refractivity contribution in [2.24, 2.45) is 5.92 Å². The first-order valence-electron chi connectivity index (χ1n) is 6.61. The first-order valence-corrected chi connectivity index (χ1v) is 6.61. The van der Waals surface area contributed by atoms with Crippen molar-refractivity contribution in [1.29, 1.82) is 0 Å². The Kier molecular flexibility index (Phi) is 6.94. The van der Waals surface area contributed by atoms with Crippen LogP contribution >= 0.6 is 0 Å². The Bertz CT molecular complexity index is 481. The topological polar surface area (TPSA) is 81.7 Å². The van der Waals surface area contributed by atoms with Crippen molar-refractivity contribution in [1.82, 2.24) is 5.32 Å². The van der Waals surface area contributed by atoms with Crippen LogP contribution in [0.5, 0.6) is 5.75 Å². The maximum Gasteiger partial charge on any atom is 0.344 e. The van der Waals surface area contributed by atoms with Crippen molar-refractivity contribution >= 4 is 18.2 Å². The second-order valence-electron chi connectivity index (χ2n) is 4.83. The average molecular weight is 293 g/mol. The van der Waals surface area contributed by atoms with Gasteiger partial charge in [-0.25, -0.2) is 4.79 Å². The zero-order valence-electron chi connectivity index (χ0n) is 12.1. The number of carbonyl (C=O) groups excluding carboxylic acids is 3. The van der Waals surface area contributed by atoms with Crippen LogP contribution in [0.4, 0.5) is 0 Å². The molecule has 0 bridgehead atoms. The third-order valence-corrected chi connectivity index (χ3v) is 2.44. The van der Waals surface area contributed by atoms with Crippen molar-refractivity contribution in [3.8, 4) is 5.75 Å². The number of rotatable bonds is 8. The van der Waals surface area contributed by atoms with Gasteiger partial charge in [0.05, 0.1) is 0 Å². The highest BCUT2D eigenvalue weighted by Gasteiger charge is 2.08. The predicted molar refractivity (Wildman–Crippen MR) is 76.1 cm³/mol. The summed E-state index contributed by atoms with van der Waals surface area (Å²) in [5.74, 6) is -0.189. The van der Waals surface area contributed by atoms with Crippen LogP contribution in [0.3, 0.4) is 0 Å². The Morgan fingerprint density at radius 3 is 2.43 bits per heavy atom. The Morgan fingerprint density at radius 1 is 1.19 bits per heavy atom. The van der Waals surface area contributed by atoms with Crippen LogP contribution in [0.15, 0.2) is 24.3 Å². The zero-order valence-corrected chi connectivity index (χ0v) is 12.1. The van der Waals surface area contributed by atoms with Gasteiger partial charge in [-0.1, -0.05) is 13.8 Å². The summed E-state index contributed by atoms with van der Waals surface area (Å²) in [6.45, 7) is 3.86. The molecule has 114 valence electrons. The maximum absolute atomic E-state index is 11.4. The second kappa shape index (κ2) is 8.73. The fraction of sp³-hybridized carbons (Fsp3) is 0.400. The molecule has 6 heteroatoms. The number of carbonyl (C=O) groups is 3. The number of nitrogens with one attached hydrogen (secondary N) is 1. The summed E-state index contributed by atoms with van der Waals surface area (Å²) in [6.07, 6.45) is 0.716. The van der Waals surface area contributed by atoms with E-state index >= 15 is 0 Å². The molecular weight excluding hydrogens is 274 g/mol. The zero-order chi connectivity index (χ0) is 15.7. The quantitative estimate of drug-likeness (QED) is 0.575. The molecule has 1 rings (SSSR count). The van der Waals surface area contributed by atoms with Crippen LogP contribution in [-0.2, 0) is 14.3 Å². The van der Waals surface area contributed by atoms with E-state index in [2.05, 4.69) is 5.32 Å². The summed E-state index contributed by atoms with van der Waals surface area (Å²) in [5, 5.41) is 2.63. The van der Waals surface area contributed by atoms with Crippen LogP contribution in [0.1, 0.15) is 24.2 Å². The predicted octanol–water partition coefficient (Wildman–Crippen LogP) is 1.19. The third-order valence-electron chi connectivity index (χ3n) is 2.44. The summed E-state index contributed by atoms with van der Waals surface area (Å²) >= 11 is 0. The molecule has 1 aromatic rings. The highest BCUT2D eigenvalue weighted by atomic mass is 16.6. The molecule has 0 heterocycles. The van der Waals surface area contributed by atoms with E-state index in [1.807, 2.05) is 13.8 Å². The van der Waals surface area contributed by atoms with Gasteiger partial charge in [0.25, 0.3) is 5.91 Å². The molecule has 1 amide bonds. The number of aldehydes is 1. The largest absolute Gasteiger partial charge is 0.482 e. The van der Waals surface area contributed by atoms with Gasteiger partial charge in [-0.15, -0.1) is 0 Å². The molecule has 0 aliphatic rings. The van der Waals surface area contributed by atoms with Gasteiger partial charge in [0.15, 0.2) is 13.2 Å². The summed E-state index contributed by atoms with van der Waals surface area (Å²) in [4.78, 5) is 33.2. The van der Waals surface area contributed by atoms with Crippen molar-refractivity contribution in [3.63, 3.8) is 0 Å². The lowest BCUT2D eigenvalue weighted by Crippen LogP contribution is -2.32. The fourth-order valence-corrected chi connectivity index (χ4v) is 1.34. The second-order valence-corrected chi connectivity index (χ2v) is 4.83. The number of ether oxygens (including phenoxy) is 2. The van der Waals surface area contributed by atoms with E-state index < -0.39 is 5.97 Å². The van der Waals surface area contributed by atoms with Crippen LogP contribution in [-0.4, -0.2) is 37.9 Å². The number of benzene rings is 1. The number of hydrogen-bond donors (Lipinski definition) is 1. The van der Waals surface area contributed by atoms with Crippen molar-refractivity contribution in [2.75, 3.05) is 19.8 Å². The monoisotopic (exact) mass is 293 g/mol. The van der Waals surface area contributed by atoms with E-state index in [1.54, 1.807) is 24.3 Å². The van der Waals surface area contributed by atoms with E-state index in [1.165, 1.54) is 0 Å². The highest BCUT2D eigenvalue weighted by molar-refractivity contribution is 5.80. The van der Waals surface area contributed by atoms with E-state index in [4.69, 9.17) is 9.47 Å². The molecule has 0 saturated carbocycles. The lowest BCUT2D eigenvalue weighted by molar-refractivity contribution is -0.150. The van der Waals surface area contributed by atoms with E-state index in [0.717, 1.165) is 0 Å². The van der Waals surface area contributed by atoms with Crippen LogP contribution in [0.2, 0.25) is 0 Å². The first kappa shape index (κ1) is 16.7. The molecule has 0 atom stereocenters. The molecule has 1 N–H and O–H groups in total. The average Bonchev–Trinajstić information content (AvgIpc) is 2.49. The molecule has 6 nitrogen and oxygen atoms in total. The molecule has 0 aliphatic heterocycles. The Morgan fingerprint density at radius 2 is 1.86 bits per heavy atom. The van der Waals surface area contributed by atoms with E-state index in [0.29, 0.717) is 30.1 Å². The summed E-state index contributed by atoms with van der Waals surface area (Å²) in [7, 11) is 0. The Hall–Kier alpha value is -2.37. The summed E-state index contributed by atoms with van der Waals surface area (Å²) < 4.78 is 9.95. The first-order chi connectivity index (χ1) is 10.0. The van der Waals surface area contributed by atoms with Gasteiger partial charge in [0.1, 0.15) is 12.0 Å². The van der Waals surface area contributed by atoms with Gasteiger partial charge in [0, 0.05) is 12.1 Å². The minimum Gasteiger partial charge on any atom is -0.482 e. The van der Waals surface area contributed by atoms with Gasteiger partial charge >= 0.3 is 5.97 Å². The van der Waals surface area contributed by atoms with Crippen LogP contribution < -0.4 is 10.1 Å². The lowest BCUT2D eigenvalue weighted by Gasteiger charge is -2.09. The molecule has 0 spiro atoms. The van der Waals surface area contributed by atoms with Gasteiger partial charge in [-0.05, 0) is 30.2 Å². The normalized spacial score (nSPS) is 10.0. The molecule has 0 unspecified atom stereocenters. The SMILES string of the molecule is CC(C)CNC(=O)COC(=O)COc1ccc(C=O)cc1. The summed E-state index contributed by atoms with van der Waals surface area (Å²) in [5.41, 5.74) is 0.520. The standard InChI is InChI=1S/C15H19NO5/c1-11(2)7-16-14(18)9-21-15(19)10-20-13-5-3-12(8-17)4-6-13/h3-6,8,11H,7,9-10H2,1-2H3,(H,16,18). The van der Waals surface area contributed by atoms with Crippen molar-refractivity contribution in [2.45, 2.75) is 13.8 Å². The lowest BCUT2D eigenvalue weighted by atomic mass is 10.2. The molecule has 0 fully saturated rings. The molecule has 0 aliphatic carbocycles. The van der Waals surface area contributed by atoms with Gasteiger partial charge < -0.3 is 14.8 Å². The smallest absolute Gasteiger partial charge is 0.344 e. The highest BCUT2D eigenvalue weighted by Crippen LogP contribution is 2.10. The van der Waals surface area contributed by atoms with Crippen molar-refractivity contribution in [3.05, 3.63) is 29.8 Å². The molecule has 0 aromatic heterocycles. The molecule has 0 radical (unpaired) electrons. The minimum absolute atomic E-state index is 0.294. The molecule has 1 aromatic carbocycles. The molecule has 21 heavy (non-hydrogen) atoms. The summed E-state index contributed by atoms with van der Waals surface area (Å²) in [6, 6.07) is 6.30. The maximum atomic E-state index is 11.4. The van der Waals surface area contributed by atoms with Gasteiger partial charge in [-0.2, -0.15) is 0 Å². The fourth-order valence-electron chi connectivity index (χ4n) is 1.34. The van der Waals surface area contributed by atoms with Crippen molar-refractivity contribution < 1.29 is 23.9 Å². The van der Waals surface area contributed by atoms with Gasteiger partial charge in [0.2, 0.25) is 0 Å². The van der Waals surface area contributed by atoms with E-state index in [-0.39, 0.29) is 19.1 Å². The number of hydrogen-bond acceptors (Lipinski definition) is 5. The molecule has 0 saturated heterocycles. The molecular formula is C15H19NO5. The Balaban J connectivity index is 2.24. The van der Waals surface area contributed by atoms with Crippen LogP contribution in [0, 0.1) is 5.92 Å². The Labute approximate surface area is 123 Å². The third kappa shape index (κ3) is 7.10.